The molecule has 2 aliphatic rings. The highest BCUT2D eigenvalue weighted by molar-refractivity contribution is 5.75. The van der Waals surface area contributed by atoms with Gasteiger partial charge in [0.15, 0.2) is 6.29 Å². The second kappa shape index (κ2) is 4.78. The molecular weight excluding hydrogens is 226 g/mol. The van der Waals surface area contributed by atoms with Crippen LogP contribution in [0.1, 0.15) is 19.8 Å². The predicted molar refractivity (Wildman–Crippen MR) is 73.7 cm³/mol. The third kappa shape index (κ3) is 1.95. The molecule has 2 N–H and O–H groups in total. The molecule has 0 radical (unpaired) electrons. The fourth-order valence-corrected chi connectivity index (χ4v) is 3.03. The number of piperidine rings is 1. The minimum atomic E-state index is -0.178. The number of likely N-dealkylation sites (tertiary alicyclic amines) is 1. The summed E-state index contributed by atoms with van der Waals surface area (Å²) in [7, 11) is 0. The maximum atomic E-state index is 9.83. The van der Waals surface area contributed by atoms with Crippen LogP contribution in [0.15, 0.2) is 24.3 Å². The smallest absolute Gasteiger partial charge is 0.158 e. The molecule has 4 heteroatoms. The number of hydrogen-bond donors (Lipinski definition) is 2. The number of benzene rings is 1. The minimum Gasteiger partial charge on any atom is -0.392 e. The van der Waals surface area contributed by atoms with Crippen molar-refractivity contribution in [3.8, 4) is 0 Å². The molecule has 18 heavy (non-hydrogen) atoms. The van der Waals surface area contributed by atoms with Gasteiger partial charge < -0.3 is 15.3 Å². The van der Waals surface area contributed by atoms with E-state index in [-0.39, 0.29) is 12.4 Å². The van der Waals surface area contributed by atoms with Crippen molar-refractivity contribution in [3.05, 3.63) is 24.3 Å². The van der Waals surface area contributed by atoms with Gasteiger partial charge in [0.1, 0.15) is 0 Å². The van der Waals surface area contributed by atoms with Crippen LogP contribution < -0.4 is 10.2 Å². The summed E-state index contributed by atoms with van der Waals surface area (Å²) < 4.78 is 0. The van der Waals surface area contributed by atoms with Crippen LogP contribution in [-0.4, -0.2) is 42.0 Å². The molecule has 3 rings (SSSR count). The molecule has 2 heterocycles. The van der Waals surface area contributed by atoms with Crippen LogP contribution >= 0.6 is 0 Å². The zero-order chi connectivity index (χ0) is 12.5. The minimum absolute atomic E-state index is 0.178. The van der Waals surface area contributed by atoms with Crippen LogP contribution in [0.5, 0.6) is 0 Å². The molecule has 4 nitrogen and oxygen atoms in total. The molecule has 0 amide bonds. The Balaban J connectivity index is 1.82. The summed E-state index contributed by atoms with van der Waals surface area (Å²) >= 11 is 0. The molecule has 98 valence electrons. The van der Waals surface area contributed by atoms with Gasteiger partial charge in [0, 0.05) is 19.6 Å². The summed E-state index contributed by atoms with van der Waals surface area (Å²) in [4.78, 5) is 4.71. The number of nitrogens with one attached hydrogen (secondary N) is 1. The number of fused-ring (bicyclic) bond motifs is 1. The molecule has 0 aliphatic carbocycles. The van der Waals surface area contributed by atoms with E-state index in [1.54, 1.807) is 0 Å². The number of hydrogen-bond acceptors (Lipinski definition) is 4. The summed E-state index contributed by atoms with van der Waals surface area (Å²) in [6.45, 7) is 4.97. The third-order valence-corrected chi connectivity index (χ3v) is 3.91. The Hall–Kier alpha value is -1.26. The number of anilines is 2. The number of rotatable bonds is 2. The molecule has 0 bridgehead atoms. The van der Waals surface area contributed by atoms with E-state index < -0.39 is 0 Å². The monoisotopic (exact) mass is 247 g/mol. The normalized spacial score (nSPS) is 28.0. The van der Waals surface area contributed by atoms with Gasteiger partial charge in [-0.3, -0.25) is 4.90 Å². The van der Waals surface area contributed by atoms with Crippen molar-refractivity contribution < 1.29 is 5.11 Å². The van der Waals surface area contributed by atoms with Gasteiger partial charge in [0.2, 0.25) is 0 Å². The summed E-state index contributed by atoms with van der Waals surface area (Å²) in [5.74, 6) is 0. The zero-order valence-corrected chi connectivity index (χ0v) is 10.8. The van der Waals surface area contributed by atoms with Gasteiger partial charge in [-0.15, -0.1) is 0 Å². The van der Waals surface area contributed by atoms with Gasteiger partial charge in [-0.25, -0.2) is 0 Å². The first-order valence-corrected chi connectivity index (χ1v) is 6.84. The maximum absolute atomic E-state index is 9.83. The van der Waals surface area contributed by atoms with Gasteiger partial charge in [0.25, 0.3) is 0 Å². The van der Waals surface area contributed by atoms with E-state index in [2.05, 4.69) is 46.3 Å². The Labute approximate surface area is 108 Å². The SMILES string of the molecule is CCN1c2ccccc2NC1N1CCC[C@@H](O)C1. The zero-order valence-electron chi connectivity index (χ0n) is 10.8. The molecule has 0 spiro atoms. The van der Waals surface area contributed by atoms with E-state index in [1.165, 1.54) is 11.4 Å². The van der Waals surface area contributed by atoms with Gasteiger partial charge in [-0.1, -0.05) is 12.1 Å². The van der Waals surface area contributed by atoms with E-state index in [0.717, 1.165) is 32.5 Å². The predicted octanol–water partition coefficient (Wildman–Crippen LogP) is 1.68. The Morgan fingerprint density at radius 2 is 2.22 bits per heavy atom. The van der Waals surface area contributed by atoms with Gasteiger partial charge in [-0.2, -0.15) is 0 Å². The number of aliphatic hydroxyl groups excluding tert-OH is 1. The summed E-state index contributed by atoms with van der Waals surface area (Å²) in [5, 5.41) is 13.4. The lowest BCUT2D eigenvalue weighted by molar-refractivity contribution is 0.0534. The van der Waals surface area contributed by atoms with Crippen LogP contribution in [0.3, 0.4) is 0 Å². The first kappa shape index (κ1) is 11.8. The van der Waals surface area contributed by atoms with E-state index in [9.17, 15) is 5.11 Å². The van der Waals surface area contributed by atoms with Crippen molar-refractivity contribution in [1.29, 1.82) is 0 Å². The quantitative estimate of drug-likeness (QED) is 0.834. The van der Waals surface area contributed by atoms with Crippen LogP contribution in [0, 0.1) is 0 Å². The third-order valence-electron chi connectivity index (χ3n) is 3.91. The maximum Gasteiger partial charge on any atom is 0.158 e. The lowest BCUT2D eigenvalue weighted by Crippen LogP contribution is -2.54. The molecule has 0 aromatic heterocycles. The Morgan fingerprint density at radius 1 is 1.39 bits per heavy atom. The standard InChI is InChI=1S/C14H21N3O/c1-2-17-13-8-4-3-7-12(13)15-14(17)16-9-5-6-11(18)10-16/h3-4,7-8,11,14-15,18H,2,5-6,9-10H2,1H3/t11-,14?/m1/s1. The van der Waals surface area contributed by atoms with Crippen LogP contribution in [0.4, 0.5) is 11.4 Å². The second-order valence-electron chi connectivity index (χ2n) is 5.11. The molecule has 0 saturated carbocycles. The van der Waals surface area contributed by atoms with Crippen molar-refractivity contribution in [2.24, 2.45) is 0 Å². The lowest BCUT2D eigenvalue weighted by Gasteiger charge is -2.39. The first-order chi connectivity index (χ1) is 8.79. The average molecular weight is 247 g/mol. The molecular formula is C14H21N3O. The first-order valence-electron chi connectivity index (χ1n) is 6.84. The molecule has 1 fully saturated rings. The second-order valence-corrected chi connectivity index (χ2v) is 5.11. The molecule has 2 aliphatic heterocycles. The summed E-state index contributed by atoms with van der Waals surface area (Å²) in [6.07, 6.45) is 2.03. The lowest BCUT2D eigenvalue weighted by atomic mass is 10.1. The molecule has 1 unspecified atom stereocenters. The van der Waals surface area contributed by atoms with Crippen molar-refractivity contribution in [2.45, 2.75) is 32.2 Å². The van der Waals surface area contributed by atoms with Crippen molar-refractivity contribution >= 4 is 11.4 Å². The molecule has 1 saturated heterocycles. The van der Waals surface area contributed by atoms with Gasteiger partial charge in [0.05, 0.1) is 17.5 Å². The van der Waals surface area contributed by atoms with Crippen molar-refractivity contribution in [1.82, 2.24) is 4.90 Å². The number of para-hydroxylation sites is 2. The number of β-amino-alcohol motifs (C(OH)–C–C–N with tert-alkyl or cyclic N) is 1. The van der Waals surface area contributed by atoms with E-state index in [4.69, 9.17) is 0 Å². The highest BCUT2D eigenvalue weighted by Gasteiger charge is 2.33. The summed E-state index contributed by atoms with van der Waals surface area (Å²) in [5.41, 5.74) is 2.47. The average Bonchev–Trinajstić information content (AvgIpc) is 2.77. The highest BCUT2D eigenvalue weighted by Crippen LogP contribution is 2.35. The number of nitrogens with zero attached hydrogens (tertiary/aromatic N) is 2. The summed E-state index contributed by atoms with van der Waals surface area (Å²) in [6, 6.07) is 8.42. The molecule has 1 aromatic rings. The fraction of sp³-hybridized carbons (Fsp3) is 0.571. The van der Waals surface area contributed by atoms with Gasteiger partial charge >= 0.3 is 0 Å². The van der Waals surface area contributed by atoms with E-state index in [0.29, 0.717) is 0 Å². The Kier molecular flexibility index (Phi) is 3.14. The number of aliphatic hydroxyl groups is 1. The topological polar surface area (TPSA) is 38.7 Å². The van der Waals surface area contributed by atoms with E-state index >= 15 is 0 Å². The Bertz CT molecular complexity index is 423. The Morgan fingerprint density at radius 3 is 3.00 bits per heavy atom. The fourth-order valence-electron chi connectivity index (χ4n) is 3.03. The largest absolute Gasteiger partial charge is 0.392 e. The highest BCUT2D eigenvalue weighted by atomic mass is 16.3. The van der Waals surface area contributed by atoms with Crippen LogP contribution in [0.2, 0.25) is 0 Å². The van der Waals surface area contributed by atoms with E-state index in [1.807, 2.05) is 0 Å². The van der Waals surface area contributed by atoms with Crippen molar-refractivity contribution in [3.63, 3.8) is 0 Å². The van der Waals surface area contributed by atoms with Crippen LogP contribution in [-0.2, 0) is 0 Å². The molecule has 2 atom stereocenters. The van der Waals surface area contributed by atoms with Crippen molar-refractivity contribution in [2.75, 3.05) is 29.9 Å². The van der Waals surface area contributed by atoms with Crippen LogP contribution in [0.25, 0.3) is 0 Å². The molecule has 1 aromatic carbocycles. The van der Waals surface area contributed by atoms with Gasteiger partial charge in [-0.05, 0) is 31.9 Å².